The van der Waals surface area contributed by atoms with Crippen LogP contribution in [0.2, 0.25) is 0 Å². The summed E-state index contributed by atoms with van der Waals surface area (Å²) >= 11 is 5.44. The number of rotatable bonds is 0. The second-order valence-electron chi connectivity index (χ2n) is 6.80. The lowest BCUT2D eigenvalue weighted by atomic mass is 9.93. The summed E-state index contributed by atoms with van der Waals surface area (Å²) in [6.45, 7) is 0. The van der Waals surface area contributed by atoms with Gasteiger partial charge < -0.3 is 0 Å². The molecule has 7 nitrogen and oxygen atoms in total. The number of fused-ring (bicyclic) bond motifs is 3. The maximum atomic E-state index is 13.1. The second kappa shape index (κ2) is 6.63. The second-order valence-corrected chi connectivity index (χ2v) is 7.19. The minimum Gasteiger partial charge on any atom is -0.287 e. The number of benzene rings is 2. The van der Waals surface area contributed by atoms with Crippen LogP contribution in [0.1, 0.15) is 27.8 Å². The summed E-state index contributed by atoms with van der Waals surface area (Å²) in [6.07, 6.45) is 0. The first kappa shape index (κ1) is 19.0. The zero-order valence-corrected chi connectivity index (χ0v) is 16.7. The molecule has 142 valence electrons. The number of likely N-dealkylation sites (N-methyl/N-ethyl adjacent to an activating group) is 2. The maximum absolute atomic E-state index is 13.1. The predicted molar refractivity (Wildman–Crippen MR) is 111 cm³/mol. The fraction of sp³-hybridized carbons (Fsp3) is 0.0909. The summed E-state index contributed by atoms with van der Waals surface area (Å²) in [5.41, 5.74) is 3.69. The Hall–Kier alpha value is -4.32. The highest BCUT2D eigenvalue weighted by Gasteiger charge is 2.40. The van der Waals surface area contributed by atoms with Crippen LogP contribution in [0, 0.1) is 34.0 Å². The van der Waals surface area contributed by atoms with Gasteiger partial charge in [0.15, 0.2) is 0 Å². The van der Waals surface area contributed by atoms with Gasteiger partial charge in [-0.25, -0.2) is 4.79 Å². The zero-order chi connectivity index (χ0) is 21.7. The maximum Gasteiger partial charge on any atom is 0.331 e. The van der Waals surface area contributed by atoms with Gasteiger partial charge >= 0.3 is 6.03 Å². The van der Waals surface area contributed by atoms with Gasteiger partial charge in [0.2, 0.25) is 0 Å². The summed E-state index contributed by atoms with van der Waals surface area (Å²) < 4.78 is 0. The number of thiocarbonyl (C=S) groups is 1. The Morgan fingerprint density at radius 3 is 2.10 bits per heavy atom. The largest absolute Gasteiger partial charge is 0.331 e. The van der Waals surface area contributed by atoms with Crippen LogP contribution in [0.4, 0.5) is 4.79 Å². The van der Waals surface area contributed by atoms with Crippen molar-refractivity contribution in [3.63, 3.8) is 0 Å². The Morgan fingerprint density at radius 1 is 0.800 bits per heavy atom. The van der Waals surface area contributed by atoms with Crippen molar-refractivity contribution < 1.29 is 9.59 Å². The third-order valence-electron chi connectivity index (χ3n) is 5.21. The van der Waals surface area contributed by atoms with Crippen molar-refractivity contribution in [1.82, 2.24) is 9.80 Å². The Morgan fingerprint density at radius 2 is 1.47 bits per heavy atom. The highest BCUT2D eigenvalue weighted by atomic mass is 32.1. The van der Waals surface area contributed by atoms with Crippen LogP contribution >= 0.6 is 12.2 Å². The van der Waals surface area contributed by atoms with Crippen LogP contribution in [0.25, 0.3) is 16.7 Å². The van der Waals surface area contributed by atoms with E-state index < -0.39 is 11.9 Å². The molecule has 2 aromatic carbocycles. The molecule has 0 unspecified atom stereocenters. The smallest absolute Gasteiger partial charge is 0.287 e. The van der Waals surface area contributed by atoms with E-state index in [1.54, 1.807) is 24.3 Å². The molecule has 0 spiro atoms. The summed E-state index contributed by atoms with van der Waals surface area (Å²) in [7, 11) is 2.83. The molecule has 1 aliphatic heterocycles. The van der Waals surface area contributed by atoms with Crippen molar-refractivity contribution in [2.24, 2.45) is 0 Å². The SMILES string of the molecule is CN1C(=O)C(=C2c3cc(C#N)ccc3-c3c(C#N)cc(C#N)cc32)C(=S)N(C)C1=O. The van der Waals surface area contributed by atoms with Crippen molar-refractivity contribution in [2.45, 2.75) is 0 Å². The van der Waals surface area contributed by atoms with Crippen molar-refractivity contribution in [3.05, 3.63) is 63.7 Å². The van der Waals surface area contributed by atoms with E-state index in [1.807, 2.05) is 6.07 Å². The van der Waals surface area contributed by atoms with E-state index in [0.717, 1.165) is 4.90 Å². The third-order valence-corrected chi connectivity index (χ3v) is 5.68. The van der Waals surface area contributed by atoms with E-state index in [9.17, 15) is 25.4 Å². The highest BCUT2D eigenvalue weighted by Crippen LogP contribution is 2.48. The predicted octanol–water partition coefficient (Wildman–Crippen LogP) is 2.94. The average Bonchev–Trinajstić information content (AvgIpc) is 3.09. The Kier molecular flexibility index (Phi) is 4.20. The number of hydrogen-bond acceptors (Lipinski definition) is 6. The Balaban J connectivity index is 2.19. The molecule has 1 heterocycles. The van der Waals surface area contributed by atoms with Gasteiger partial charge in [-0.3, -0.25) is 14.6 Å². The number of imide groups is 1. The van der Waals surface area contributed by atoms with E-state index in [2.05, 4.69) is 12.1 Å². The number of carbonyl (C=O) groups is 2. The molecule has 30 heavy (non-hydrogen) atoms. The minimum absolute atomic E-state index is 0.0418. The van der Waals surface area contributed by atoms with Gasteiger partial charge in [-0.2, -0.15) is 15.8 Å². The van der Waals surface area contributed by atoms with Crippen molar-refractivity contribution in [2.75, 3.05) is 14.1 Å². The van der Waals surface area contributed by atoms with Crippen molar-refractivity contribution >= 4 is 34.7 Å². The zero-order valence-electron chi connectivity index (χ0n) is 15.8. The molecule has 0 bridgehead atoms. The molecule has 3 amide bonds. The van der Waals surface area contributed by atoms with E-state index in [-0.39, 0.29) is 21.7 Å². The molecule has 0 saturated carbocycles. The first-order chi connectivity index (χ1) is 14.3. The topological polar surface area (TPSA) is 112 Å². The Labute approximate surface area is 177 Å². The van der Waals surface area contributed by atoms with E-state index in [1.165, 1.54) is 25.1 Å². The van der Waals surface area contributed by atoms with Gasteiger partial charge in [0.1, 0.15) is 4.99 Å². The van der Waals surface area contributed by atoms with Gasteiger partial charge in [0, 0.05) is 25.2 Å². The lowest BCUT2D eigenvalue weighted by molar-refractivity contribution is -0.123. The normalized spacial score (nSPS) is 17.2. The summed E-state index contributed by atoms with van der Waals surface area (Å²) in [4.78, 5) is 27.6. The number of carbonyl (C=O) groups excluding carboxylic acids is 2. The number of hydrogen-bond donors (Lipinski definition) is 0. The molecule has 0 atom stereocenters. The summed E-state index contributed by atoms with van der Waals surface area (Å²) in [5.74, 6) is -0.583. The van der Waals surface area contributed by atoms with Crippen LogP contribution in [0.15, 0.2) is 35.9 Å². The standard InChI is InChI=1S/C22H11N5O2S/c1-26-20(28)19(21(30)27(2)22(26)29)18-15-6-11(8-23)3-4-14(15)17-13(10-25)5-12(9-24)7-16(17)18/h3-7H,1-2H3. The van der Waals surface area contributed by atoms with Gasteiger partial charge in [-0.05, 0) is 41.0 Å². The Bertz CT molecular complexity index is 1340. The number of nitriles is 3. The molecule has 2 aliphatic rings. The number of amides is 3. The molecule has 8 heteroatoms. The van der Waals surface area contributed by atoms with E-state index in [0.29, 0.717) is 33.4 Å². The van der Waals surface area contributed by atoms with Gasteiger partial charge in [0.05, 0.1) is 40.5 Å². The quantitative estimate of drug-likeness (QED) is 0.417. The lowest BCUT2D eigenvalue weighted by Gasteiger charge is -2.32. The third kappa shape index (κ3) is 2.44. The lowest BCUT2D eigenvalue weighted by Crippen LogP contribution is -2.52. The highest BCUT2D eigenvalue weighted by molar-refractivity contribution is 7.81. The summed E-state index contributed by atoms with van der Waals surface area (Å²) in [6, 6.07) is 13.7. The van der Waals surface area contributed by atoms with Gasteiger partial charge in [-0.1, -0.05) is 18.3 Å². The first-order valence-corrected chi connectivity index (χ1v) is 9.12. The molecular weight excluding hydrogens is 398 g/mol. The molecule has 1 aliphatic carbocycles. The summed E-state index contributed by atoms with van der Waals surface area (Å²) in [5, 5.41) is 28.5. The molecule has 4 rings (SSSR count). The molecule has 1 fully saturated rings. The molecule has 0 radical (unpaired) electrons. The van der Waals surface area contributed by atoms with E-state index in [4.69, 9.17) is 12.2 Å². The molecule has 0 aromatic heterocycles. The molecule has 0 N–H and O–H groups in total. The fourth-order valence-corrected chi connectivity index (χ4v) is 4.04. The van der Waals surface area contributed by atoms with Crippen molar-refractivity contribution in [1.29, 1.82) is 15.8 Å². The van der Waals surface area contributed by atoms with Crippen LogP contribution < -0.4 is 0 Å². The molecular formula is C22H11N5O2S. The molecule has 1 saturated heterocycles. The van der Waals surface area contributed by atoms with Gasteiger partial charge in [-0.15, -0.1) is 0 Å². The molecule has 2 aromatic rings. The minimum atomic E-state index is -0.583. The monoisotopic (exact) mass is 409 g/mol. The fourth-order valence-electron chi connectivity index (χ4n) is 3.77. The van der Waals surface area contributed by atoms with Crippen molar-refractivity contribution in [3.8, 4) is 29.3 Å². The van der Waals surface area contributed by atoms with Gasteiger partial charge in [0.25, 0.3) is 5.91 Å². The van der Waals surface area contributed by atoms with Crippen LogP contribution in [-0.4, -0.2) is 40.8 Å². The number of nitrogens with zero attached hydrogens (tertiary/aromatic N) is 5. The number of urea groups is 1. The van der Waals surface area contributed by atoms with Crippen LogP contribution in [0.5, 0.6) is 0 Å². The van der Waals surface area contributed by atoms with Crippen LogP contribution in [-0.2, 0) is 4.79 Å². The average molecular weight is 409 g/mol. The first-order valence-electron chi connectivity index (χ1n) is 8.71. The van der Waals surface area contributed by atoms with E-state index >= 15 is 0 Å². The van der Waals surface area contributed by atoms with Crippen LogP contribution in [0.3, 0.4) is 0 Å².